The molecule has 0 radical (unpaired) electrons. The van der Waals surface area contributed by atoms with Gasteiger partial charge >= 0.3 is 0 Å². The van der Waals surface area contributed by atoms with Crippen LogP contribution in [0.3, 0.4) is 0 Å². The Kier molecular flexibility index (Phi) is 4.28. The molecule has 2 aromatic carbocycles. The first-order valence-corrected chi connectivity index (χ1v) is 7.95. The summed E-state index contributed by atoms with van der Waals surface area (Å²) in [6.45, 7) is 5.98. The van der Waals surface area contributed by atoms with Crippen molar-refractivity contribution in [2.24, 2.45) is 0 Å². The molecule has 23 heavy (non-hydrogen) atoms. The van der Waals surface area contributed by atoms with Crippen LogP contribution in [0.15, 0.2) is 48.6 Å². The second-order valence-electron chi connectivity index (χ2n) is 5.99. The van der Waals surface area contributed by atoms with E-state index in [-0.39, 0.29) is 17.4 Å². The van der Waals surface area contributed by atoms with Crippen molar-refractivity contribution in [3.8, 4) is 0 Å². The molecule has 0 aromatic heterocycles. The minimum absolute atomic E-state index is 0.257. The Balaban J connectivity index is 1.88. The second-order valence-corrected chi connectivity index (χ2v) is 5.99. The zero-order chi connectivity index (χ0) is 16.4. The highest BCUT2D eigenvalue weighted by atomic mass is 19.1. The third-order valence-electron chi connectivity index (χ3n) is 4.37. The van der Waals surface area contributed by atoms with E-state index < -0.39 is 0 Å². The Hall–Kier alpha value is -2.42. The van der Waals surface area contributed by atoms with Crippen LogP contribution in [0.2, 0.25) is 0 Å². The monoisotopic (exact) mass is 309 g/mol. The third-order valence-corrected chi connectivity index (χ3v) is 4.37. The highest BCUT2D eigenvalue weighted by Gasteiger charge is 2.17. The predicted octanol–water partition coefficient (Wildman–Crippen LogP) is 4.69. The number of anilines is 1. The van der Waals surface area contributed by atoms with Gasteiger partial charge in [-0.1, -0.05) is 37.3 Å². The highest BCUT2D eigenvalue weighted by Crippen LogP contribution is 2.29. The minimum atomic E-state index is -0.388. The van der Waals surface area contributed by atoms with Gasteiger partial charge in [0.2, 0.25) is 0 Å². The Morgan fingerprint density at radius 1 is 1.22 bits per heavy atom. The lowest BCUT2D eigenvalue weighted by Gasteiger charge is -2.19. The average Bonchev–Trinajstić information content (AvgIpc) is 2.55. The van der Waals surface area contributed by atoms with Crippen molar-refractivity contribution < 1.29 is 9.18 Å². The molecule has 0 saturated heterocycles. The first-order valence-electron chi connectivity index (χ1n) is 7.95. The van der Waals surface area contributed by atoms with E-state index in [4.69, 9.17) is 0 Å². The predicted molar refractivity (Wildman–Crippen MR) is 91.3 cm³/mol. The largest absolute Gasteiger partial charge is 0.319 e. The molecule has 0 atom stereocenters. The van der Waals surface area contributed by atoms with E-state index in [1.165, 1.54) is 6.07 Å². The van der Waals surface area contributed by atoms with E-state index in [1.54, 1.807) is 12.1 Å². The molecule has 1 N–H and O–H groups in total. The van der Waals surface area contributed by atoms with Crippen molar-refractivity contribution in [3.63, 3.8) is 0 Å². The topological polar surface area (TPSA) is 29.1 Å². The van der Waals surface area contributed by atoms with Crippen molar-refractivity contribution in [2.75, 3.05) is 5.32 Å². The Morgan fingerprint density at radius 2 is 2.00 bits per heavy atom. The molecule has 0 bridgehead atoms. The quantitative estimate of drug-likeness (QED) is 0.819. The summed E-state index contributed by atoms with van der Waals surface area (Å²) in [4.78, 5) is 12.5. The molecule has 2 aromatic rings. The molecule has 2 nitrogen and oxygen atoms in total. The highest BCUT2D eigenvalue weighted by molar-refractivity contribution is 6.05. The number of fused-ring (bicyclic) bond motifs is 1. The van der Waals surface area contributed by atoms with Crippen LogP contribution in [-0.2, 0) is 19.3 Å². The lowest BCUT2D eigenvalue weighted by Crippen LogP contribution is -2.16. The molecule has 1 amide bonds. The summed E-state index contributed by atoms with van der Waals surface area (Å²) in [5.41, 5.74) is 5.02. The first kappa shape index (κ1) is 15.5. The number of carbonyl (C=O) groups is 1. The number of halogens is 1. The molecule has 3 heteroatoms. The number of amides is 1. The lowest BCUT2D eigenvalue weighted by atomic mass is 9.88. The average molecular weight is 309 g/mol. The second kappa shape index (κ2) is 6.37. The maximum absolute atomic E-state index is 14.3. The van der Waals surface area contributed by atoms with Crippen LogP contribution in [-0.4, -0.2) is 5.91 Å². The number of nitrogens with one attached hydrogen (secondary N) is 1. The summed E-state index contributed by atoms with van der Waals surface area (Å²) in [5, 5.41) is 2.73. The van der Waals surface area contributed by atoms with Gasteiger partial charge in [-0.2, -0.15) is 0 Å². The molecule has 0 spiro atoms. The molecular formula is C20H20FNO. The van der Waals surface area contributed by atoms with Gasteiger partial charge in [-0.05, 0) is 60.6 Å². The fraction of sp³-hybridized carbons (Fsp3) is 0.250. The number of allylic oxidation sites excluding steroid dienone is 1. The van der Waals surface area contributed by atoms with E-state index in [2.05, 4.69) is 11.9 Å². The van der Waals surface area contributed by atoms with Gasteiger partial charge in [-0.25, -0.2) is 4.39 Å². The fourth-order valence-corrected chi connectivity index (χ4v) is 3.06. The van der Waals surface area contributed by atoms with Crippen molar-refractivity contribution in [3.05, 3.63) is 76.6 Å². The number of benzene rings is 2. The maximum Gasteiger partial charge on any atom is 0.256 e. The number of aryl methyl sites for hydroxylation is 2. The third kappa shape index (κ3) is 3.19. The normalized spacial score (nSPS) is 13.6. The maximum atomic E-state index is 14.3. The van der Waals surface area contributed by atoms with E-state index >= 15 is 0 Å². The SMILES string of the molecule is C=C1CCc2cc(NC(=O)c3ccccc3CC)c(F)cc2C1. The van der Waals surface area contributed by atoms with Crippen LogP contribution in [0.1, 0.15) is 40.4 Å². The molecule has 118 valence electrons. The molecule has 1 aliphatic rings. The van der Waals surface area contributed by atoms with E-state index in [0.29, 0.717) is 5.56 Å². The van der Waals surface area contributed by atoms with Crippen molar-refractivity contribution in [1.29, 1.82) is 0 Å². The number of carbonyl (C=O) groups excluding carboxylic acids is 1. The first-order chi connectivity index (χ1) is 11.1. The van der Waals surface area contributed by atoms with Gasteiger partial charge < -0.3 is 5.32 Å². The Labute approximate surface area is 136 Å². The van der Waals surface area contributed by atoms with Crippen LogP contribution < -0.4 is 5.32 Å². The Morgan fingerprint density at radius 3 is 2.78 bits per heavy atom. The van der Waals surface area contributed by atoms with Crippen molar-refractivity contribution in [1.82, 2.24) is 0 Å². The number of hydrogen-bond donors (Lipinski definition) is 1. The smallest absolute Gasteiger partial charge is 0.256 e. The molecule has 0 aliphatic heterocycles. The van der Waals surface area contributed by atoms with Crippen LogP contribution in [0.25, 0.3) is 0 Å². The van der Waals surface area contributed by atoms with Gasteiger partial charge in [-0.15, -0.1) is 0 Å². The van der Waals surface area contributed by atoms with Crippen molar-refractivity contribution in [2.45, 2.75) is 32.6 Å². The zero-order valence-electron chi connectivity index (χ0n) is 13.3. The Bertz CT molecular complexity index is 779. The summed E-state index contributed by atoms with van der Waals surface area (Å²) in [6, 6.07) is 10.7. The van der Waals surface area contributed by atoms with Gasteiger partial charge in [0, 0.05) is 5.56 Å². The van der Waals surface area contributed by atoms with Crippen molar-refractivity contribution >= 4 is 11.6 Å². The van der Waals surface area contributed by atoms with Crippen LogP contribution in [0, 0.1) is 5.82 Å². The van der Waals surface area contributed by atoms with E-state index in [9.17, 15) is 9.18 Å². The fourth-order valence-electron chi connectivity index (χ4n) is 3.06. The summed E-state index contributed by atoms with van der Waals surface area (Å²) < 4.78 is 14.3. The summed E-state index contributed by atoms with van der Waals surface area (Å²) in [6.07, 6.45) is 3.26. The molecular weight excluding hydrogens is 289 g/mol. The molecule has 0 heterocycles. The lowest BCUT2D eigenvalue weighted by molar-refractivity contribution is 0.102. The molecule has 0 fully saturated rings. The van der Waals surface area contributed by atoms with Gasteiger partial charge in [-0.3, -0.25) is 4.79 Å². The van der Waals surface area contributed by atoms with Crippen LogP contribution in [0.5, 0.6) is 0 Å². The van der Waals surface area contributed by atoms with Gasteiger partial charge in [0.1, 0.15) is 5.82 Å². The van der Waals surface area contributed by atoms with Gasteiger partial charge in [0.15, 0.2) is 0 Å². The molecule has 0 unspecified atom stereocenters. The van der Waals surface area contributed by atoms with E-state index in [0.717, 1.165) is 47.9 Å². The summed E-state index contributed by atoms with van der Waals surface area (Å²) in [5.74, 6) is -0.651. The number of hydrogen-bond acceptors (Lipinski definition) is 1. The van der Waals surface area contributed by atoms with E-state index in [1.807, 2.05) is 25.1 Å². The zero-order valence-corrected chi connectivity index (χ0v) is 13.3. The summed E-state index contributed by atoms with van der Waals surface area (Å²) in [7, 11) is 0. The minimum Gasteiger partial charge on any atom is -0.319 e. The summed E-state index contributed by atoms with van der Waals surface area (Å²) >= 11 is 0. The van der Waals surface area contributed by atoms with Crippen LogP contribution >= 0.6 is 0 Å². The van der Waals surface area contributed by atoms with Gasteiger partial charge in [0.25, 0.3) is 5.91 Å². The molecule has 0 saturated carbocycles. The standard InChI is InChI=1S/C20H20FNO/c1-3-14-6-4-5-7-17(14)20(23)22-19-12-15-9-8-13(2)10-16(15)11-18(19)21/h4-7,11-12H,2-3,8-10H2,1H3,(H,22,23). The van der Waals surface area contributed by atoms with Gasteiger partial charge in [0.05, 0.1) is 5.69 Å². The number of rotatable bonds is 3. The van der Waals surface area contributed by atoms with Crippen LogP contribution in [0.4, 0.5) is 10.1 Å². The molecule has 3 rings (SSSR count). The molecule has 1 aliphatic carbocycles.